The Labute approximate surface area is 155 Å². The monoisotopic (exact) mass is 366 g/mol. The van der Waals surface area contributed by atoms with Gasteiger partial charge in [0.05, 0.1) is 13.7 Å². The number of amides is 1. The fourth-order valence-electron chi connectivity index (χ4n) is 3.02. The first-order valence-electron chi connectivity index (χ1n) is 9.18. The number of rotatable bonds is 6. The molecule has 0 aromatic heterocycles. The summed E-state index contributed by atoms with van der Waals surface area (Å²) in [5.74, 6) is -0.0831. The van der Waals surface area contributed by atoms with Crippen molar-refractivity contribution in [2.75, 3.05) is 33.3 Å². The highest BCUT2D eigenvalue weighted by Gasteiger charge is 2.35. The van der Waals surface area contributed by atoms with Crippen LogP contribution in [0.5, 0.6) is 11.5 Å². The number of carbonyl (C=O) groups excluding carboxylic acids is 1. The summed E-state index contributed by atoms with van der Waals surface area (Å²) in [5, 5.41) is 12.3. The van der Waals surface area contributed by atoms with E-state index >= 15 is 4.39 Å². The minimum Gasteiger partial charge on any atom is -0.508 e. The van der Waals surface area contributed by atoms with Gasteiger partial charge in [-0.3, -0.25) is 4.79 Å². The molecule has 0 saturated carbocycles. The number of benzene rings is 1. The fraction of sp³-hybridized carbons (Fsp3) is 0.650. The van der Waals surface area contributed by atoms with E-state index in [2.05, 4.69) is 31.0 Å². The Morgan fingerprint density at radius 3 is 2.54 bits per heavy atom. The SMILES string of the molecule is COc1cc(O)cc(C(=O)NCC2(F)CCN(CCC(C)(C)C)CC2)c1. The Kier molecular flexibility index (Phi) is 6.50. The molecule has 1 heterocycles. The van der Waals surface area contributed by atoms with Gasteiger partial charge in [0.25, 0.3) is 5.91 Å². The smallest absolute Gasteiger partial charge is 0.251 e. The number of alkyl halides is 1. The topological polar surface area (TPSA) is 61.8 Å². The minimum absolute atomic E-state index is 0.0169. The highest BCUT2D eigenvalue weighted by molar-refractivity contribution is 5.95. The molecule has 146 valence electrons. The van der Waals surface area contributed by atoms with E-state index < -0.39 is 11.6 Å². The number of carbonyl (C=O) groups is 1. The van der Waals surface area contributed by atoms with Crippen LogP contribution >= 0.6 is 0 Å². The molecule has 0 atom stereocenters. The lowest BCUT2D eigenvalue weighted by atomic mass is 9.90. The first kappa shape index (κ1) is 20.5. The number of nitrogens with one attached hydrogen (secondary N) is 1. The molecule has 1 fully saturated rings. The zero-order valence-electron chi connectivity index (χ0n) is 16.3. The molecule has 1 saturated heterocycles. The van der Waals surface area contributed by atoms with E-state index in [1.165, 1.54) is 25.3 Å². The van der Waals surface area contributed by atoms with Crippen LogP contribution < -0.4 is 10.1 Å². The third-order valence-corrected chi connectivity index (χ3v) is 4.89. The molecule has 1 aliphatic rings. The molecule has 1 aromatic carbocycles. The molecular weight excluding hydrogens is 335 g/mol. The van der Waals surface area contributed by atoms with Crippen molar-refractivity contribution in [1.29, 1.82) is 0 Å². The van der Waals surface area contributed by atoms with Crippen LogP contribution in [0.15, 0.2) is 18.2 Å². The standard InChI is InChI=1S/C20H31FN2O3/c1-19(2,3)5-8-23-9-6-20(21,7-10-23)14-22-18(25)15-11-16(24)13-17(12-15)26-4/h11-13,24H,5-10,14H2,1-4H3,(H,22,25). The number of phenolic OH excluding ortho intramolecular Hbond substituents is 1. The largest absolute Gasteiger partial charge is 0.508 e. The van der Waals surface area contributed by atoms with Crippen molar-refractivity contribution < 1.29 is 19.0 Å². The first-order chi connectivity index (χ1) is 12.1. The van der Waals surface area contributed by atoms with Gasteiger partial charge in [-0.2, -0.15) is 0 Å². The number of hydrogen-bond acceptors (Lipinski definition) is 4. The number of nitrogens with zero attached hydrogens (tertiary/aromatic N) is 1. The second kappa shape index (κ2) is 8.25. The van der Waals surface area contributed by atoms with Gasteiger partial charge in [0.15, 0.2) is 0 Å². The molecular formula is C20H31FN2O3. The second-order valence-electron chi connectivity index (χ2n) is 8.41. The van der Waals surface area contributed by atoms with Crippen LogP contribution in [0.4, 0.5) is 4.39 Å². The lowest BCUT2D eigenvalue weighted by Gasteiger charge is -2.37. The van der Waals surface area contributed by atoms with Crippen molar-refractivity contribution >= 4 is 5.91 Å². The number of likely N-dealkylation sites (tertiary alicyclic amines) is 1. The summed E-state index contributed by atoms with van der Waals surface area (Å²) in [6.07, 6.45) is 1.92. The molecule has 2 N–H and O–H groups in total. The van der Waals surface area contributed by atoms with Crippen molar-refractivity contribution in [2.45, 2.75) is 45.7 Å². The Hall–Kier alpha value is -1.82. The molecule has 0 bridgehead atoms. The number of methoxy groups -OCH3 is 1. The summed E-state index contributed by atoms with van der Waals surface area (Å²) < 4.78 is 20.0. The van der Waals surface area contributed by atoms with Gasteiger partial charge in [-0.05, 0) is 43.4 Å². The summed E-state index contributed by atoms with van der Waals surface area (Å²) >= 11 is 0. The van der Waals surface area contributed by atoms with Crippen LogP contribution in [0, 0.1) is 5.41 Å². The molecule has 1 amide bonds. The van der Waals surface area contributed by atoms with Crippen molar-refractivity contribution in [3.8, 4) is 11.5 Å². The van der Waals surface area contributed by atoms with Crippen LogP contribution in [0.3, 0.4) is 0 Å². The summed E-state index contributed by atoms with van der Waals surface area (Å²) in [4.78, 5) is 14.6. The van der Waals surface area contributed by atoms with Crippen LogP contribution in [-0.4, -0.2) is 54.9 Å². The first-order valence-corrected chi connectivity index (χ1v) is 9.18. The van der Waals surface area contributed by atoms with Gasteiger partial charge in [-0.15, -0.1) is 0 Å². The average molecular weight is 366 g/mol. The third kappa shape index (κ3) is 6.16. The van der Waals surface area contributed by atoms with Crippen molar-refractivity contribution in [1.82, 2.24) is 10.2 Å². The number of aromatic hydroxyl groups is 1. The van der Waals surface area contributed by atoms with Gasteiger partial charge in [0.1, 0.15) is 17.2 Å². The van der Waals surface area contributed by atoms with E-state index in [1.807, 2.05) is 0 Å². The molecule has 1 aliphatic heterocycles. The predicted octanol–water partition coefficient (Wildman–Crippen LogP) is 3.37. The maximum Gasteiger partial charge on any atom is 0.251 e. The highest BCUT2D eigenvalue weighted by atomic mass is 19.1. The van der Waals surface area contributed by atoms with E-state index in [0.29, 0.717) is 31.7 Å². The molecule has 0 unspecified atom stereocenters. The average Bonchev–Trinajstić information content (AvgIpc) is 2.58. The number of hydrogen-bond donors (Lipinski definition) is 2. The van der Waals surface area contributed by atoms with Crippen molar-refractivity contribution in [2.24, 2.45) is 5.41 Å². The zero-order valence-corrected chi connectivity index (χ0v) is 16.3. The van der Waals surface area contributed by atoms with Gasteiger partial charge in [-0.25, -0.2) is 4.39 Å². The fourth-order valence-corrected chi connectivity index (χ4v) is 3.02. The van der Waals surface area contributed by atoms with Crippen LogP contribution in [0.1, 0.15) is 50.4 Å². The maximum atomic E-state index is 15.0. The van der Waals surface area contributed by atoms with E-state index in [4.69, 9.17) is 4.74 Å². The van der Waals surface area contributed by atoms with Gasteiger partial charge in [0, 0.05) is 24.7 Å². The molecule has 6 heteroatoms. The molecule has 0 spiro atoms. The third-order valence-electron chi connectivity index (χ3n) is 4.89. The lowest BCUT2D eigenvalue weighted by molar-refractivity contribution is 0.0508. The molecule has 26 heavy (non-hydrogen) atoms. The van der Waals surface area contributed by atoms with Gasteiger partial charge < -0.3 is 20.1 Å². The molecule has 0 radical (unpaired) electrons. The summed E-state index contributed by atoms with van der Waals surface area (Å²) in [5.41, 5.74) is -0.844. The van der Waals surface area contributed by atoms with E-state index in [1.54, 1.807) is 0 Å². The van der Waals surface area contributed by atoms with Gasteiger partial charge in [-0.1, -0.05) is 20.8 Å². The molecule has 1 aromatic rings. The van der Waals surface area contributed by atoms with Crippen LogP contribution in [-0.2, 0) is 0 Å². The summed E-state index contributed by atoms with van der Waals surface area (Å²) in [6.45, 7) is 9.02. The zero-order chi connectivity index (χ0) is 19.4. The minimum atomic E-state index is -1.38. The number of phenols is 1. The normalized spacial score (nSPS) is 17.7. The van der Waals surface area contributed by atoms with Crippen LogP contribution in [0.25, 0.3) is 0 Å². The molecule has 2 rings (SSSR count). The Morgan fingerprint density at radius 1 is 1.31 bits per heavy atom. The highest BCUT2D eigenvalue weighted by Crippen LogP contribution is 2.28. The second-order valence-corrected chi connectivity index (χ2v) is 8.41. The number of ether oxygens (including phenoxy) is 1. The predicted molar refractivity (Wildman–Crippen MR) is 101 cm³/mol. The van der Waals surface area contributed by atoms with Crippen molar-refractivity contribution in [3.63, 3.8) is 0 Å². The Morgan fingerprint density at radius 2 is 1.96 bits per heavy atom. The van der Waals surface area contributed by atoms with Crippen LogP contribution in [0.2, 0.25) is 0 Å². The van der Waals surface area contributed by atoms with E-state index in [0.717, 1.165) is 13.0 Å². The Balaban J connectivity index is 1.84. The molecule has 0 aliphatic carbocycles. The van der Waals surface area contributed by atoms with Gasteiger partial charge >= 0.3 is 0 Å². The van der Waals surface area contributed by atoms with E-state index in [9.17, 15) is 9.90 Å². The maximum absolute atomic E-state index is 15.0. The number of halogens is 1. The van der Waals surface area contributed by atoms with Gasteiger partial charge in [0.2, 0.25) is 0 Å². The quantitative estimate of drug-likeness (QED) is 0.810. The lowest BCUT2D eigenvalue weighted by Crippen LogP contribution is -2.48. The number of piperidine rings is 1. The van der Waals surface area contributed by atoms with Crippen molar-refractivity contribution in [3.05, 3.63) is 23.8 Å². The molecule has 5 nitrogen and oxygen atoms in total. The summed E-state index contributed by atoms with van der Waals surface area (Å²) in [7, 11) is 1.46. The Bertz CT molecular complexity index is 620. The summed E-state index contributed by atoms with van der Waals surface area (Å²) in [6, 6.07) is 4.29. The van der Waals surface area contributed by atoms with E-state index in [-0.39, 0.29) is 23.3 Å².